The van der Waals surface area contributed by atoms with Crippen molar-refractivity contribution in [3.8, 4) is 0 Å². The van der Waals surface area contributed by atoms with E-state index in [0.717, 1.165) is 4.88 Å². The summed E-state index contributed by atoms with van der Waals surface area (Å²) in [6.07, 6.45) is 0. The number of rotatable bonds is 2. The minimum absolute atomic E-state index is 0.266. The number of hydrogen-bond acceptors (Lipinski definition) is 5. The quantitative estimate of drug-likeness (QED) is 0.702. The molecule has 76 valence electrons. The van der Waals surface area contributed by atoms with Gasteiger partial charge in [-0.05, 0) is 13.0 Å². The van der Waals surface area contributed by atoms with E-state index in [2.05, 4.69) is 9.47 Å². The fraction of sp³-hybridized carbons (Fsp3) is 0.333. The second-order valence-corrected chi connectivity index (χ2v) is 3.84. The van der Waals surface area contributed by atoms with Crippen molar-refractivity contribution >= 4 is 23.3 Å². The standard InChI is InChI=1S/C9H10O4S/c1-5-4-6(8(10)12-2)7(14-5)9(11)13-3/h4H,1-3H3. The van der Waals surface area contributed by atoms with Crippen molar-refractivity contribution in [2.75, 3.05) is 14.2 Å². The zero-order valence-electron chi connectivity index (χ0n) is 8.12. The molecule has 0 fully saturated rings. The van der Waals surface area contributed by atoms with Gasteiger partial charge in [0.15, 0.2) is 0 Å². The Bertz CT molecular complexity index is 333. The van der Waals surface area contributed by atoms with E-state index in [0.29, 0.717) is 0 Å². The van der Waals surface area contributed by atoms with E-state index < -0.39 is 11.9 Å². The van der Waals surface area contributed by atoms with Crippen LogP contribution in [0.4, 0.5) is 0 Å². The molecule has 0 radical (unpaired) electrons. The number of methoxy groups -OCH3 is 2. The molecule has 0 aromatic carbocycles. The van der Waals surface area contributed by atoms with Crippen LogP contribution in [0.3, 0.4) is 0 Å². The van der Waals surface area contributed by atoms with Crippen molar-refractivity contribution in [1.82, 2.24) is 0 Å². The average Bonchev–Trinajstić information content (AvgIpc) is 2.58. The van der Waals surface area contributed by atoms with Crippen LogP contribution in [0.2, 0.25) is 0 Å². The van der Waals surface area contributed by atoms with Gasteiger partial charge < -0.3 is 9.47 Å². The van der Waals surface area contributed by atoms with Crippen LogP contribution in [0, 0.1) is 6.92 Å². The molecule has 0 amide bonds. The van der Waals surface area contributed by atoms with Crippen molar-refractivity contribution in [3.05, 3.63) is 21.4 Å². The molecule has 0 N–H and O–H groups in total. The highest BCUT2D eigenvalue weighted by Gasteiger charge is 2.21. The van der Waals surface area contributed by atoms with Crippen molar-refractivity contribution in [1.29, 1.82) is 0 Å². The van der Waals surface area contributed by atoms with Crippen molar-refractivity contribution in [2.45, 2.75) is 6.92 Å². The second kappa shape index (κ2) is 4.23. The minimum atomic E-state index is -0.519. The Labute approximate surface area is 85.4 Å². The van der Waals surface area contributed by atoms with Gasteiger partial charge in [0, 0.05) is 4.88 Å². The first-order valence-electron chi connectivity index (χ1n) is 3.87. The molecule has 1 rings (SSSR count). The van der Waals surface area contributed by atoms with Gasteiger partial charge in [-0.1, -0.05) is 0 Å². The zero-order chi connectivity index (χ0) is 10.7. The van der Waals surface area contributed by atoms with Crippen LogP contribution in [-0.4, -0.2) is 26.2 Å². The van der Waals surface area contributed by atoms with Crippen molar-refractivity contribution < 1.29 is 19.1 Å². The predicted molar refractivity (Wildman–Crippen MR) is 51.7 cm³/mol. The fourth-order valence-electron chi connectivity index (χ4n) is 1.02. The molecule has 0 spiro atoms. The fourth-order valence-corrected chi connectivity index (χ4v) is 1.94. The molecule has 5 heteroatoms. The molecule has 0 saturated heterocycles. The summed E-state index contributed by atoms with van der Waals surface area (Å²) in [5.41, 5.74) is 0.266. The van der Waals surface area contributed by atoms with Gasteiger partial charge in [-0.25, -0.2) is 9.59 Å². The normalized spacial score (nSPS) is 9.64. The maximum absolute atomic E-state index is 11.2. The molecule has 14 heavy (non-hydrogen) atoms. The third-order valence-corrected chi connectivity index (χ3v) is 2.66. The third-order valence-electron chi connectivity index (χ3n) is 1.63. The Morgan fingerprint density at radius 1 is 1.21 bits per heavy atom. The van der Waals surface area contributed by atoms with Crippen LogP contribution in [0.25, 0.3) is 0 Å². The van der Waals surface area contributed by atoms with Gasteiger partial charge in [-0.15, -0.1) is 11.3 Å². The maximum atomic E-state index is 11.2. The molecule has 1 aromatic heterocycles. The summed E-state index contributed by atoms with van der Waals surface area (Å²) in [5, 5.41) is 0. The Balaban J connectivity index is 3.15. The number of aryl methyl sites for hydroxylation is 1. The van der Waals surface area contributed by atoms with E-state index in [1.807, 2.05) is 6.92 Å². The van der Waals surface area contributed by atoms with Gasteiger partial charge in [0.1, 0.15) is 4.88 Å². The lowest BCUT2D eigenvalue weighted by Gasteiger charge is -1.99. The molecular formula is C9H10O4S. The van der Waals surface area contributed by atoms with E-state index >= 15 is 0 Å². The van der Waals surface area contributed by atoms with Gasteiger partial charge in [0.05, 0.1) is 19.8 Å². The molecule has 0 aliphatic heterocycles. The number of ether oxygens (including phenoxy) is 2. The Morgan fingerprint density at radius 2 is 1.79 bits per heavy atom. The van der Waals surface area contributed by atoms with Gasteiger partial charge in [0.2, 0.25) is 0 Å². The highest BCUT2D eigenvalue weighted by Crippen LogP contribution is 2.23. The van der Waals surface area contributed by atoms with Crippen LogP contribution in [-0.2, 0) is 9.47 Å². The van der Waals surface area contributed by atoms with Gasteiger partial charge in [0.25, 0.3) is 0 Å². The number of esters is 2. The van der Waals surface area contributed by atoms with Crippen LogP contribution in [0.1, 0.15) is 24.9 Å². The first-order chi connectivity index (χ1) is 6.60. The summed E-state index contributed by atoms with van der Waals surface area (Å²) >= 11 is 1.22. The van der Waals surface area contributed by atoms with Crippen LogP contribution in [0.15, 0.2) is 6.07 Å². The number of carbonyl (C=O) groups excluding carboxylic acids is 2. The number of carbonyl (C=O) groups is 2. The van der Waals surface area contributed by atoms with Crippen molar-refractivity contribution in [3.63, 3.8) is 0 Å². The third kappa shape index (κ3) is 1.93. The predicted octanol–water partition coefficient (Wildman–Crippen LogP) is 1.63. The molecular weight excluding hydrogens is 204 g/mol. The largest absolute Gasteiger partial charge is 0.465 e. The Hall–Kier alpha value is -1.36. The smallest absolute Gasteiger partial charge is 0.348 e. The van der Waals surface area contributed by atoms with E-state index in [4.69, 9.17) is 0 Å². The summed E-state index contributed by atoms with van der Waals surface area (Å²) < 4.78 is 9.09. The monoisotopic (exact) mass is 214 g/mol. The molecule has 0 bridgehead atoms. The summed E-state index contributed by atoms with van der Waals surface area (Å²) in [7, 11) is 2.55. The van der Waals surface area contributed by atoms with Crippen molar-refractivity contribution in [2.24, 2.45) is 0 Å². The van der Waals surface area contributed by atoms with E-state index in [1.54, 1.807) is 6.07 Å². The summed E-state index contributed by atoms with van der Waals surface area (Å²) in [4.78, 5) is 23.6. The van der Waals surface area contributed by atoms with E-state index in [1.165, 1.54) is 25.6 Å². The Morgan fingerprint density at radius 3 is 2.29 bits per heavy atom. The molecule has 0 saturated carbocycles. The molecule has 1 aromatic rings. The maximum Gasteiger partial charge on any atom is 0.348 e. The zero-order valence-corrected chi connectivity index (χ0v) is 8.94. The first kappa shape index (κ1) is 10.7. The van der Waals surface area contributed by atoms with Gasteiger partial charge in [-0.3, -0.25) is 0 Å². The lowest BCUT2D eigenvalue weighted by atomic mass is 10.2. The molecule has 0 aliphatic rings. The van der Waals surface area contributed by atoms with Gasteiger partial charge >= 0.3 is 11.9 Å². The average molecular weight is 214 g/mol. The molecule has 0 atom stereocenters. The summed E-state index contributed by atoms with van der Waals surface area (Å²) in [6, 6.07) is 1.61. The first-order valence-corrected chi connectivity index (χ1v) is 4.69. The van der Waals surface area contributed by atoms with Crippen LogP contribution < -0.4 is 0 Å². The van der Waals surface area contributed by atoms with E-state index in [9.17, 15) is 9.59 Å². The lowest BCUT2D eigenvalue weighted by molar-refractivity contribution is 0.0560. The van der Waals surface area contributed by atoms with Crippen LogP contribution in [0.5, 0.6) is 0 Å². The molecule has 0 unspecified atom stereocenters. The topological polar surface area (TPSA) is 52.6 Å². The van der Waals surface area contributed by atoms with E-state index in [-0.39, 0.29) is 10.4 Å². The van der Waals surface area contributed by atoms with Gasteiger partial charge in [-0.2, -0.15) is 0 Å². The molecule has 0 aliphatic carbocycles. The summed E-state index contributed by atoms with van der Waals surface area (Å²) in [6.45, 7) is 1.81. The number of thiophene rings is 1. The summed E-state index contributed by atoms with van der Waals surface area (Å²) in [5.74, 6) is -1.03. The SMILES string of the molecule is COC(=O)c1cc(C)sc1C(=O)OC. The highest BCUT2D eigenvalue weighted by atomic mass is 32.1. The molecule has 1 heterocycles. The highest BCUT2D eigenvalue weighted by molar-refractivity contribution is 7.14. The number of hydrogen-bond donors (Lipinski definition) is 0. The molecule has 4 nitrogen and oxygen atoms in total. The minimum Gasteiger partial charge on any atom is -0.465 e. The Kier molecular flexibility index (Phi) is 3.24. The lowest BCUT2D eigenvalue weighted by Crippen LogP contribution is -2.08. The second-order valence-electron chi connectivity index (χ2n) is 2.58. The van der Waals surface area contributed by atoms with Crippen LogP contribution >= 0.6 is 11.3 Å².